The molecule has 184 valence electrons. The van der Waals surface area contributed by atoms with Gasteiger partial charge in [0.05, 0.1) is 16.9 Å². The molecular weight excluding hydrogens is 502 g/mol. The van der Waals surface area contributed by atoms with Crippen molar-refractivity contribution >= 4 is 37.7 Å². The first-order chi connectivity index (χ1) is 16.5. The lowest BCUT2D eigenvalue weighted by Crippen LogP contribution is -2.43. The molecule has 35 heavy (non-hydrogen) atoms. The van der Waals surface area contributed by atoms with Gasteiger partial charge in [-0.25, -0.2) is 26.3 Å². The van der Waals surface area contributed by atoms with E-state index in [-0.39, 0.29) is 16.9 Å². The number of hydrogen-bond acceptors (Lipinski definition) is 6. The highest BCUT2D eigenvalue weighted by atomic mass is 32.2. The summed E-state index contributed by atoms with van der Waals surface area (Å²) in [5.74, 6) is -3.27. The molecule has 0 aromatic heterocycles. The number of hydrogen-bond donors (Lipinski definition) is 1. The van der Waals surface area contributed by atoms with E-state index in [0.29, 0.717) is 24.5 Å². The summed E-state index contributed by atoms with van der Waals surface area (Å²) in [6.07, 6.45) is 0.926. The fourth-order valence-electron chi connectivity index (χ4n) is 3.77. The lowest BCUT2D eigenvalue weighted by Gasteiger charge is -2.35. The zero-order valence-corrected chi connectivity index (χ0v) is 19.9. The zero-order chi connectivity index (χ0) is 25.4. The van der Waals surface area contributed by atoms with Crippen LogP contribution in [-0.4, -0.2) is 28.8 Å². The number of nitrogens with one attached hydrogen (secondary N) is 1. The topological polar surface area (TPSA) is 110 Å². The monoisotopic (exact) mass is 522 g/mol. The Morgan fingerprint density at radius 3 is 2.40 bits per heavy atom. The summed E-state index contributed by atoms with van der Waals surface area (Å²) in [6, 6.07) is 13.2. The SMILES string of the molecule is CC1CCc2ccc(NS(=O)(=O)c3ccc(F)cc3F)cc2N1S(=O)(=O)OC(=O)c1ccccc1. The Kier molecular flexibility index (Phi) is 6.52. The second kappa shape index (κ2) is 9.27. The van der Waals surface area contributed by atoms with Crippen LogP contribution in [0, 0.1) is 11.6 Å². The van der Waals surface area contributed by atoms with Crippen molar-refractivity contribution < 1.29 is 34.6 Å². The summed E-state index contributed by atoms with van der Waals surface area (Å²) in [6.45, 7) is 1.63. The molecule has 1 N–H and O–H groups in total. The molecule has 3 aromatic carbocycles. The Labute approximate surface area is 201 Å². The Morgan fingerprint density at radius 2 is 1.71 bits per heavy atom. The molecule has 1 unspecified atom stereocenters. The molecule has 0 amide bonds. The molecule has 8 nitrogen and oxygen atoms in total. The van der Waals surface area contributed by atoms with Gasteiger partial charge in [0.15, 0.2) is 0 Å². The summed E-state index contributed by atoms with van der Waals surface area (Å²) < 4.78 is 86.7. The van der Waals surface area contributed by atoms with Crippen molar-refractivity contribution in [2.24, 2.45) is 0 Å². The standard InChI is InChI=1S/C23H20F2N2O6S2/c1-15-7-8-16-9-11-19(26-34(29,30)22-12-10-18(24)13-20(22)25)14-21(16)27(15)35(31,32)33-23(28)17-5-3-2-4-6-17/h2-6,9-15,26H,7-8H2,1H3. The van der Waals surface area contributed by atoms with E-state index in [1.807, 2.05) is 0 Å². The number of rotatable bonds is 6. The summed E-state index contributed by atoms with van der Waals surface area (Å²) in [7, 11) is -9.07. The Morgan fingerprint density at radius 1 is 1.00 bits per heavy atom. The smallest absolute Gasteiger partial charge is 0.325 e. The van der Waals surface area contributed by atoms with Crippen molar-refractivity contribution in [3.8, 4) is 0 Å². The molecule has 1 aliphatic heterocycles. The molecule has 0 bridgehead atoms. The third-order valence-electron chi connectivity index (χ3n) is 5.42. The van der Waals surface area contributed by atoms with E-state index >= 15 is 0 Å². The molecule has 4 rings (SSSR count). The van der Waals surface area contributed by atoms with Gasteiger partial charge in [0.1, 0.15) is 16.5 Å². The van der Waals surface area contributed by atoms with Crippen molar-refractivity contribution in [1.29, 1.82) is 0 Å². The predicted octanol–water partition coefficient (Wildman–Crippen LogP) is 4.01. The number of nitrogens with zero attached hydrogens (tertiary/aromatic N) is 1. The van der Waals surface area contributed by atoms with Gasteiger partial charge in [0.2, 0.25) is 0 Å². The lowest BCUT2D eigenvalue weighted by molar-refractivity contribution is 0.0745. The third kappa shape index (κ3) is 5.13. The van der Waals surface area contributed by atoms with Crippen molar-refractivity contribution in [2.45, 2.75) is 30.7 Å². The normalized spacial score (nSPS) is 15.9. The number of anilines is 2. The van der Waals surface area contributed by atoms with Crippen LogP contribution in [0.4, 0.5) is 20.2 Å². The van der Waals surface area contributed by atoms with Crippen molar-refractivity contribution in [1.82, 2.24) is 0 Å². The van der Waals surface area contributed by atoms with Crippen LogP contribution in [0.15, 0.2) is 71.6 Å². The quantitative estimate of drug-likeness (QED) is 0.524. The molecule has 1 heterocycles. The van der Waals surface area contributed by atoms with Crippen LogP contribution in [0.1, 0.15) is 29.3 Å². The van der Waals surface area contributed by atoms with Crippen LogP contribution in [0.5, 0.6) is 0 Å². The molecular formula is C23H20F2N2O6S2. The van der Waals surface area contributed by atoms with E-state index < -0.39 is 48.9 Å². The van der Waals surface area contributed by atoms with Crippen molar-refractivity contribution in [3.63, 3.8) is 0 Å². The molecule has 0 saturated carbocycles. The van der Waals surface area contributed by atoms with Gasteiger partial charge in [-0.1, -0.05) is 24.3 Å². The Hall–Kier alpha value is -3.51. The number of carbonyl (C=O) groups excluding carboxylic acids is 1. The summed E-state index contributed by atoms with van der Waals surface area (Å²) >= 11 is 0. The van der Waals surface area contributed by atoms with Crippen LogP contribution in [0.3, 0.4) is 0 Å². The molecule has 0 spiro atoms. The minimum atomic E-state index is -4.61. The largest absolute Gasteiger partial charge is 0.412 e. The van der Waals surface area contributed by atoms with Crippen molar-refractivity contribution in [3.05, 3.63) is 89.5 Å². The Balaban J connectivity index is 1.67. The fourth-order valence-corrected chi connectivity index (χ4v) is 6.20. The lowest BCUT2D eigenvalue weighted by atomic mass is 9.99. The molecule has 0 saturated heterocycles. The summed E-state index contributed by atoms with van der Waals surface area (Å²) in [5.41, 5.74) is 0.683. The molecule has 0 radical (unpaired) electrons. The average molecular weight is 523 g/mol. The minimum absolute atomic E-state index is 0.0452. The van der Waals surface area contributed by atoms with Gasteiger partial charge in [-0.3, -0.25) is 4.72 Å². The molecule has 1 aliphatic rings. The molecule has 1 atom stereocenters. The number of aryl methyl sites for hydroxylation is 1. The highest BCUT2D eigenvalue weighted by molar-refractivity contribution is 7.92. The minimum Gasteiger partial charge on any atom is -0.325 e. The number of sulfonamides is 1. The maximum Gasteiger partial charge on any atom is 0.412 e. The third-order valence-corrected chi connectivity index (χ3v) is 8.24. The van der Waals surface area contributed by atoms with Gasteiger partial charge < -0.3 is 4.18 Å². The van der Waals surface area contributed by atoms with E-state index in [4.69, 9.17) is 4.18 Å². The second-order valence-corrected chi connectivity index (χ2v) is 11.0. The summed E-state index contributed by atoms with van der Waals surface area (Å²) in [4.78, 5) is 11.6. The first-order valence-corrected chi connectivity index (χ1v) is 13.3. The van der Waals surface area contributed by atoms with E-state index in [0.717, 1.165) is 16.4 Å². The first kappa shape index (κ1) is 24.6. The van der Waals surface area contributed by atoms with Crippen LogP contribution in [-0.2, 0) is 30.9 Å². The highest BCUT2D eigenvalue weighted by Crippen LogP contribution is 2.36. The fraction of sp³-hybridized carbons (Fsp3) is 0.174. The van der Waals surface area contributed by atoms with Crippen LogP contribution < -0.4 is 9.03 Å². The van der Waals surface area contributed by atoms with Crippen LogP contribution >= 0.6 is 0 Å². The predicted molar refractivity (Wildman–Crippen MR) is 125 cm³/mol. The van der Waals surface area contributed by atoms with E-state index in [1.54, 1.807) is 25.1 Å². The number of fused-ring (bicyclic) bond motifs is 1. The molecule has 0 aliphatic carbocycles. The van der Waals surface area contributed by atoms with Gasteiger partial charge in [-0.15, -0.1) is 0 Å². The van der Waals surface area contributed by atoms with Gasteiger partial charge in [-0.05, 0) is 61.7 Å². The van der Waals surface area contributed by atoms with Gasteiger partial charge >= 0.3 is 16.3 Å². The van der Waals surface area contributed by atoms with E-state index in [1.165, 1.54) is 30.3 Å². The maximum atomic E-state index is 14.1. The first-order valence-electron chi connectivity index (χ1n) is 10.4. The number of carbonyl (C=O) groups is 1. The average Bonchev–Trinajstić information content (AvgIpc) is 2.78. The highest BCUT2D eigenvalue weighted by Gasteiger charge is 2.36. The Bertz CT molecular complexity index is 1500. The van der Waals surface area contributed by atoms with Gasteiger partial charge in [0.25, 0.3) is 10.0 Å². The number of halogens is 2. The molecule has 0 fully saturated rings. The maximum absolute atomic E-state index is 14.1. The van der Waals surface area contributed by atoms with Crippen LogP contribution in [0.25, 0.3) is 0 Å². The van der Waals surface area contributed by atoms with Gasteiger partial charge in [0, 0.05) is 12.1 Å². The van der Waals surface area contributed by atoms with Crippen molar-refractivity contribution in [2.75, 3.05) is 9.03 Å². The second-order valence-electron chi connectivity index (χ2n) is 7.90. The zero-order valence-electron chi connectivity index (χ0n) is 18.3. The molecule has 3 aromatic rings. The van der Waals surface area contributed by atoms with Gasteiger partial charge in [-0.2, -0.15) is 8.42 Å². The molecule has 12 heteroatoms. The summed E-state index contributed by atoms with van der Waals surface area (Å²) in [5, 5.41) is 0. The van der Waals surface area contributed by atoms with Crippen LogP contribution in [0.2, 0.25) is 0 Å². The van der Waals surface area contributed by atoms with E-state index in [2.05, 4.69) is 4.72 Å². The number of benzene rings is 3. The van der Waals surface area contributed by atoms with E-state index in [9.17, 15) is 30.4 Å².